The highest BCUT2D eigenvalue weighted by Gasteiger charge is 2.10. The van der Waals surface area contributed by atoms with Crippen LogP contribution < -0.4 is 0 Å². The van der Waals surface area contributed by atoms with Gasteiger partial charge in [-0.05, 0) is 36.2 Å². The van der Waals surface area contributed by atoms with Crippen LogP contribution in [0.2, 0.25) is 5.02 Å². The van der Waals surface area contributed by atoms with E-state index >= 15 is 0 Å². The van der Waals surface area contributed by atoms with E-state index in [1.807, 2.05) is 19.1 Å². The van der Waals surface area contributed by atoms with Gasteiger partial charge >= 0.3 is 5.97 Å². The van der Waals surface area contributed by atoms with Crippen LogP contribution in [-0.2, 0) is 16.0 Å². The predicted molar refractivity (Wildman–Crippen MR) is 67.2 cm³/mol. The molecular formula is C13H12ClNO2. The van der Waals surface area contributed by atoms with E-state index in [-0.39, 0.29) is 12.4 Å². The molecule has 0 aliphatic rings. The van der Waals surface area contributed by atoms with Gasteiger partial charge in [0, 0.05) is 16.6 Å². The van der Waals surface area contributed by atoms with Crippen molar-refractivity contribution in [2.24, 2.45) is 0 Å². The summed E-state index contributed by atoms with van der Waals surface area (Å²) in [6.07, 6.45) is 1.91. The lowest BCUT2D eigenvalue weighted by molar-refractivity contribution is -0.139. The minimum atomic E-state index is -0.295. The number of methoxy groups -OCH3 is 1. The van der Waals surface area contributed by atoms with Crippen molar-refractivity contribution in [3.05, 3.63) is 40.5 Å². The first-order chi connectivity index (χ1) is 8.11. The Morgan fingerprint density at radius 3 is 2.94 bits per heavy atom. The molecule has 0 amide bonds. The fourth-order valence-electron chi connectivity index (χ4n) is 1.78. The van der Waals surface area contributed by atoms with Crippen LogP contribution in [0.5, 0.6) is 0 Å². The number of nitrogens with zero attached hydrogens (tertiary/aromatic N) is 1. The van der Waals surface area contributed by atoms with Gasteiger partial charge in [-0.25, -0.2) is 0 Å². The zero-order valence-corrected chi connectivity index (χ0v) is 10.4. The van der Waals surface area contributed by atoms with E-state index in [4.69, 9.17) is 11.6 Å². The number of carbonyl (C=O) groups is 1. The van der Waals surface area contributed by atoms with Crippen molar-refractivity contribution in [1.29, 1.82) is 0 Å². The topological polar surface area (TPSA) is 39.2 Å². The highest BCUT2D eigenvalue weighted by atomic mass is 35.5. The Morgan fingerprint density at radius 2 is 2.24 bits per heavy atom. The number of esters is 1. The van der Waals surface area contributed by atoms with E-state index in [0.717, 1.165) is 22.0 Å². The van der Waals surface area contributed by atoms with Gasteiger partial charge in [0.05, 0.1) is 19.0 Å². The van der Waals surface area contributed by atoms with Crippen molar-refractivity contribution in [2.75, 3.05) is 7.11 Å². The van der Waals surface area contributed by atoms with Crippen molar-refractivity contribution in [3.63, 3.8) is 0 Å². The summed E-state index contributed by atoms with van der Waals surface area (Å²) in [6, 6.07) is 5.54. The van der Waals surface area contributed by atoms with Crippen LogP contribution in [0.25, 0.3) is 10.9 Å². The Kier molecular flexibility index (Phi) is 3.29. The number of hydrogen-bond acceptors (Lipinski definition) is 3. The van der Waals surface area contributed by atoms with Crippen molar-refractivity contribution < 1.29 is 9.53 Å². The Balaban J connectivity index is 2.62. The number of ether oxygens (including phenoxy) is 1. The molecule has 0 atom stereocenters. The highest BCUT2D eigenvalue weighted by molar-refractivity contribution is 6.31. The molecule has 3 nitrogen and oxygen atoms in total. The summed E-state index contributed by atoms with van der Waals surface area (Å²) in [7, 11) is 1.37. The number of carbonyl (C=O) groups excluding carboxylic acids is 1. The van der Waals surface area contributed by atoms with E-state index in [9.17, 15) is 4.79 Å². The summed E-state index contributed by atoms with van der Waals surface area (Å²) in [6.45, 7) is 1.99. The van der Waals surface area contributed by atoms with Gasteiger partial charge in [-0.1, -0.05) is 11.6 Å². The minimum Gasteiger partial charge on any atom is -0.469 e. The van der Waals surface area contributed by atoms with Gasteiger partial charge in [-0.15, -0.1) is 0 Å². The van der Waals surface area contributed by atoms with Crippen LogP contribution >= 0.6 is 11.6 Å². The van der Waals surface area contributed by atoms with Crippen LogP contribution in [-0.4, -0.2) is 18.1 Å². The van der Waals surface area contributed by atoms with Crippen LogP contribution in [0, 0.1) is 6.92 Å². The van der Waals surface area contributed by atoms with Gasteiger partial charge in [0.2, 0.25) is 0 Å². The predicted octanol–water partition coefficient (Wildman–Crippen LogP) is 2.91. The van der Waals surface area contributed by atoms with Crippen molar-refractivity contribution in [1.82, 2.24) is 4.98 Å². The number of rotatable bonds is 2. The maximum absolute atomic E-state index is 11.3. The average molecular weight is 250 g/mol. The maximum Gasteiger partial charge on any atom is 0.310 e. The third kappa shape index (κ3) is 2.39. The summed E-state index contributed by atoms with van der Waals surface area (Å²) >= 11 is 6.04. The Bertz CT molecular complexity index is 581. The molecule has 0 unspecified atom stereocenters. The molecule has 0 aliphatic carbocycles. The lowest BCUT2D eigenvalue weighted by Gasteiger charge is -2.07. The zero-order valence-electron chi connectivity index (χ0n) is 9.66. The van der Waals surface area contributed by atoms with Gasteiger partial charge in [-0.2, -0.15) is 0 Å². The molecule has 1 aromatic carbocycles. The normalized spacial score (nSPS) is 10.5. The molecule has 17 heavy (non-hydrogen) atoms. The second-order valence-electron chi connectivity index (χ2n) is 3.84. The Hall–Kier alpha value is -1.61. The molecule has 0 aliphatic heterocycles. The first-order valence-electron chi connectivity index (χ1n) is 5.22. The molecule has 1 aromatic heterocycles. The Morgan fingerprint density at radius 1 is 1.47 bits per heavy atom. The number of hydrogen-bond donors (Lipinski definition) is 0. The second kappa shape index (κ2) is 4.72. The Labute approximate surface area is 104 Å². The third-order valence-electron chi connectivity index (χ3n) is 2.67. The largest absolute Gasteiger partial charge is 0.469 e. The SMILES string of the molecule is COC(=O)Cc1cc(Cl)cc2c(C)ccnc12. The number of pyridine rings is 1. The number of halogens is 1. The minimum absolute atomic E-state index is 0.185. The molecule has 2 aromatic rings. The average Bonchev–Trinajstić information content (AvgIpc) is 2.30. The van der Waals surface area contributed by atoms with E-state index in [0.29, 0.717) is 5.02 Å². The quantitative estimate of drug-likeness (QED) is 0.769. The molecular weight excluding hydrogens is 238 g/mol. The van der Waals surface area contributed by atoms with Gasteiger partial charge in [0.15, 0.2) is 0 Å². The van der Waals surface area contributed by atoms with E-state index in [1.165, 1.54) is 7.11 Å². The molecule has 0 spiro atoms. The van der Waals surface area contributed by atoms with Gasteiger partial charge < -0.3 is 4.74 Å². The van der Waals surface area contributed by atoms with Gasteiger partial charge in [0.25, 0.3) is 0 Å². The molecule has 88 valence electrons. The van der Waals surface area contributed by atoms with Crippen LogP contribution in [0.3, 0.4) is 0 Å². The van der Waals surface area contributed by atoms with Crippen LogP contribution in [0.15, 0.2) is 24.4 Å². The summed E-state index contributed by atoms with van der Waals surface area (Å²) < 4.78 is 4.66. The zero-order chi connectivity index (χ0) is 12.4. The standard InChI is InChI=1S/C13H12ClNO2/c1-8-3-4-15-13-9(6-12(16)17-2)5-10(14)7-11(8)13/h3-5,7H,6H2,1-2H3. The smallest absolute Gasteiger partial charge is 0.310 e. The van der Waals surface area contributed by atoms with E-state index in [2.05, 4.69) is 9.72 Å². The monoisotopic (exact) mass is 249 g/mol. The molecule has 0 bridgehead atoms. The summed E-state index contributed by atoms with van der Waals surface area (Å²) in [5, 5.41) is 1.58. The third-order valence-corrected chi connectivity index (χ3v) is 2.89. The number of fused-ring (bicyclic) bond motifs is 1. The molecule has 2 rings (SSSR count). The molecule has 0 N–H and O–H groups in total. The fourth-order valence-corrected chi connectivity index (χ4v) is 2.03. The lowest BCUT2D eigenvalue weighted by Crippen LogP contribution is -2.05. The molecule has 0 radical (unpaired) electrons. The maximum atomic E-state index is 11.3. The number of aryl methyl sites for hydroxylation is 1. The summed E-state index contributed by atoms with van der Waals surface area (Å²) in [5.41, 5.74) is 2.69. The number of aromatic nitrogens is 1. The summed E-state index contributed by atoms with van der Waals surface area (Å²) in [5.74, 6) is -0.295. The van der Waals surface area contributed by atoms with Crippen LogP contribution in [0.4, 0.5) is 0 Å². The van der Waals surface area contributed by atoms with Crippen molar-refractivity contribution in [2.45, 2.75) is 13.3 Å². The molecule has 1 heterocycles. The van der Waals surface area contributed by atoms with E-state index in [1.54, 1.807) is 12.3 Å². The van der Waals surface area contributed by atoms with Gasteiger partial charge in [0.1, 0.15) is 0 Å². The molecule has 4 heteroatoms. The fraction of sp³-hybridized carbons (Fsp3) is 0.231. The first kappa shape index (κ1) is 11.9. The first-order valence-corrected chi connectivity index (χ1v) is 5.60. The molecule has 0 saturated heterocycles. The summed E-state index contributed by atoms with van der Waals surface area (Å²) in [4.78, 5) is 15.6. The molecule has 0 fully saturated rings. The highest BCUT2D eigenvalue weighted by Crippen LogP contribution is 2.25. The van der Waals surface area contributed by atoms with Crippen molar-refractivity contribution >= 4 is 28.5 Å². The van der Waals surface area contributed by atoms with Crippen LogP contribution in [0.1, 0.15) is 11.1 Å². The molecule has 0 saturated carbocycles. The number of benzene rings is 1. The van der Waals surface area contributed by atoms with Gasteiger partial charge in [-0.3, -0.25) is 9.78 Å². The lowest BCUT2D eigenvalue weighted by atomic mass is 10.0. The second-order valence-corrected chi connectivity index (χ2v) is 4.28. The van der Waals surface area contributed by atoms with E-state index < -0.39 is 0 Å². The van der Waals surface area contributed by atoms with Crippen molar-refractivity contribution in [3.8, 4) is 0 Å².